The number of nitrogens with one attached hydrogen (secondary N) is 1. The van der Waals surface area contributed by atoms with E-state index in [4.69, 9.17) is 11.5 Å². The van der Waals surface area contributed by atoms with Gasteiger partial charge in [0.2, 0.25) is 5.91 Å². The fourth-order valence-electron chi connectivity index (χ4n) is 6.08. The molecule has 0 aliphatic heterocycles. The van der Waals surface area contributed by atoms with Crippen molar-refractivity contribution in [1.29, 1.82) is 0 Å². The van der Waals surface area contributed by atoms with E-state index in [0.29, 0.717) is 18.2 Å². The molecule has 256 valence electrons. The molecule has 1 aliphatic carbocycles. The number of carbonyl (C=O) groups is 2. The molecule has 2 aromatic heterocycles. The highest BCUT2D eigenvalue weighted by Gasteiger charge is 2.39. The molecule has 7 heteroatoms. The lowest BCUT2D eigenvalue weighted by atomic mass is 9.86. The molecular weight excluding hydrogens is 606 g/mol. The van der Waals surface area contributed by atoms with Gasteiger partial charge in [-0.05, 0) is 91.5 Å². The fourth-order valence-corrected chi connectivity index (χ4v) is 6.08. The summed E-state index contributed by atoms with van der Waals surface area (Å²) in [4.78, 5) is 34.1. The van der Waals surface area contributed by atoms with Gasteiger partial charge in [0, 0.05) is 36.1 Å². The molecule has 49 heavy (non-hydrogen) atoms. The Morgan fingerprint density at radius 1 is 0.898 bits per heavy atom. The van der Waals surface area contributed by atoms with Crippen molar-refractivity contribution in [1.82, 2.24) is 9.97 Å². The van der Waals surface area contributed by atoms with Crippen molar-refractivity contribution in [3.05, 3.63) is 158 Å². The number of nitrogen functional groups attached to an aromatic ring is 1. The number of benzene rings is 2. The molecule has 0 radical (unpaired) electrons. The van der Waals surface area contributed by atoms with Crippen LogP contribution in [-0.2, 0) is 22.4 Å². The van der Waals surface area contributed by atoms with E-state index in [0.717, 1.165) is 55.3 Å². The van der Waals surface area contributed by atoms with Crippen molar-refractivity contribution >= 4 is 23.2 Å². The van der Waals surface area contributed by atoms with Crippen LogP contribution >= 0.6 is 0 Å². The maximum absolute atomic E-state index is 13.4. The number of hydrogen-bond donors (Lipinski definition) is 3. The third-order valence-electron chi connectivity index (χ3n) is 8.68. The third kappa shape index (κ3) is 13.1. The molecule has 1 saturated carbocycles. The van der Waals surface area contributed by atoms with Gasteiger partial charge in [0.1, 0.15) is 5.82 Å². The molecule has 0 saturated heterocycles. The molecule has 0 bridgehead atoms. The minimum absolute atomic E-state index is 0.00142. The average molecular weight is 658 g/mol. The number of anilines is 2. The molecule has 5 N–H and O–H groups in total. The number of pyridine rings is 2. The summed E-state index contributed by atoms with van der Waals surface area (Å²) in [5.41, 5.74) is 15.7. The van der Waals surface area contributed by atoms with Crippen molar-refractivity contribution in [2.24, 2.45) is 23.5 Å². The SMILES string of the molecule is C=C/C=C(\C=C)C(CC)CCc1ccccc1NC(=O)C1CCCC1C(=O)[C@@H](N)Cc1ccccc1.Nc1ccccn1.c1ccncc1. The van der Waals surface area contributed by atoms with Gasteiger partial charge in [0.25, 0.3) is 0 Å². The van der Waals surface area contributed by atoms with Crippen LogP contribution in [0.4, 0.5) is 11.5 Å². The highest BCUT2D eigenvalue weighted by Crippen LogP contribution is 2.35. The molecular formula is C42H51N5O2. The van der Waals surface area contributed by atoms with Crippen LogP contribution in [0.2, 0.25) is 0 Å². The highest BCUT2D eigenvalue weighted by atomic mass is 16.2. The Bertz CT molecular complexity index is 1560. The zero-order chi connectivity index (χ0) is 35.3. The molecule has 3 unspecified atom stereocenters. The number of nitrogens with two attached hydrogens (primary N) is 2. The third-order valence-corrected chi connectivity index (χ3v) is 8.68. The largest absolute Gasteiger partial charge is 0.384 e. The van der Waals surface area contributed by atoms with Crippen LogP contribution in [0.25, 0.3) is 0 Å². The van der Waals surface area contributed by atoms with Gasteiger partial charge in [-0.2, -0.15) is 0 Å². The monoisotopic (exact) mass is 657 g/mol. The van der Waals surface area contributed by atoms with Crippen LogP contribution in [0.15, 0.2) is 147 Å². The van der Waals surface area contributed by atoms with Gasteiger partial charge in [-0.3, -0.25) is 14.6 Å². The predicted octanol–water partition coefficient (Wildman–Crippen LogP) is 8.18. The number of nitrogens with zero attached hydrogens (tertiary/aromatic N) is 2. The van der Waals surface area contributed by atoms with E-state index in [9.17, 15) is 9.59 Å². The van der Waals surface area contributed by atoms with Gasteiger partial charge in [-0.15, -0.1) is 0 Å². The van der Waals surface area contributed by atoms with E-state index in [1.165, 1.54) is 5.57 Å². The highest BCUT2D eigenvalue weighted by molar-refractivity contribution is 5.98. The van der Waals surface area contributed by atoms with Crippen molar-refractivity contribution in [3.63, 3.8) is 0 Å². The number of ketones is 1. The van der Waals surface area contributed by atoms with Crippen LogP contribution in [0.5, 0.6) is 0 Å². The first-order chi connectivity index (χ1) is 23.9. The predicted molar refractivity (Wildman–Crippen MR) is 202 cm³/mol. The van der Waals surface area contributed by atoms with Crippen molar-refractivity contribution in [3.8, 4) is 0 Å². The summed E-state index contributed by atoms with van der Waals surface area (Å²) >= 11 is 0. The summed E-state index contributed by atoms with van der Waals surface area (Å²) in [6.45, 7) is 9.95. The molecule has 2 heterocycles. The van der Waals surface area contributed by atoms with Gasteiger partial charge in [-0.1, -0.05) is 105 Å². The van der Waals surface area contributed by atoms with E-state index in [2.05, 4.69) is 41.4 Å². The Morgan fingerprint density at radius 2 is 1.55 bits per heavy atom. The normalized spacial score (nSPS) is 16.4. The van der Waals surface area contributed by atoms with E-state index in [-0.39, 0.29) is 23.5 Å². The lowest BCUT2D eigenvalue weighted by Gasteiger charge is -2.22. The number of carbonyl (C=O) groups excluding carboxylic acids is 2. The van der Waals surface area contributed by atoms with Crippen LogP contribution in [0, 0.1) is 17.8 Å². The number of amides is 1. The zero-order valence-electron chi connectivity index (χ0n) is 28.7. The Hall–Kier alpha value is -5.14. The number of rotatable bonds is 13. The smallest absolute Gasteiger partial charge is 0.228 e. The van der Waals surface area contributed by atoms with Gasteiger partial charge in [0.05, 0.1) is 6.04 Å². The van der Waals surface area contributed by atoms with Gasteiger partial charge < -0.3 is 16.8 Å². The lowest BCUT2D eigenvalue weighted by Crippen LogP contribution is -2.41. The second-order valence-corrected chi connectivity index (χ2v) is 12.0. The average Bonchev–Trinajstić information content (AvgIpc) is 3.64. The van der Waals surface area contributed by atoms with E-state index in [1.54, 1.807) is 30.7 Å². The molecule has 2 aromatic carbocycles. The first kappa shape index (κ1) is 38.3. The quantitative estimate of drug-likeness (QED) is 0.125. The maximum Gasteiger partial charge on any atom is 0.228 e. The van der Waals surface area contributed by atoms with Gasteiger partial charge in [0.15, 0.2) is 5.78 Å². The van der Waals surface area contributed by atoms with Crippen molar-refractivity contribution in [2.45, 2.75) is 57.9 Å². The van der Waals surface area contributed by atoms with Crippen LogP contribution in [0.3, 0.4) is 0 Å². The van der Waals surface area contributed by atoms with Crippen molar-refractivity contribution in [2.75, 3.05) is 11.1 Å². The Morgan fingerprint density at radius 3 is 2.12 bits per heavy atom. The molecule has 1 fully saturated rings. The molecule has 4 atom stereocenters. The number of para-hydroxylation sites is 1. The Labute approximate surface area is 292 Å². The Balaban J connectivity index is 0.000000412. The molecule has 5 rings (SSSR count). The second kappa shape index (κ2) is 21.7. The number of aryl methyl sites for hydroxylation is 1. The molecule has 1 amide bonds. The molecule has 0 spiro atoms. The number of Topliss-reactive ketones (excluding diaryl/α,β-unsaturated/α-hetero) is 1. The first-order valence-corrected chi connectivity index (χ1v) is 17.1. The zero-order valence-corrected chi connectivity index (χ0v) is 28.7. The summed E-state index contributed by atoms with van der Waals surface area (Å²) in [6.07, 6.45) is 16.5. The minimum atomic E-state index is -0.591. The summed E-state index contributed by atoms with van der Waals surface area (Å²) in [7, 11) is 0. The standard InChI is InChI=1S/C32H40N2O2.C5H6N2.C5H5N/c1-4-13-24(5-2)25(6-3)20-21-26-16-10-11-19-30(26)34-32(36)28-18-12-17-27(28)31(35)29(33)22-23-14-8-7-9-15-23;6-5-3-1-2-4-7-5;1-2-4-6-5-3-1/h4-5,7-11,13-16,19,25,27-29H,1-2,6,12,17-18,20-22,33H2,3H3,(H,34,36);1-4H,(H2,6,7);1-5H/b24-13+;;/t25?,27?,28?,29-;;/m0../s1. The van der Waals surface area contributed by atoms with Crippen LogP contribution < -0.4 is 16.8 Å². The molecule has 7 nitrogen and oxygen atoms in total. The Kier molecular flexibility index (Phi) is 16.9. The van der Waals surface area contributed by atoms with Crippen molar-refractivity contribution < 1.29 is 9.59 Å². The minimum Gasteiger partial charge on any atom is -0.384 e. The fraction of sp³-hybridized carbons (Fsp3) is 0.286. The second-order valence-electron chi connectivity index (χ2n) is 12.0. The summed E-state index contributed by atoms with van der Waals surface area (Å²) in [5.74, 6) is 0.227. The molecule has 1 aliphatic rings. The van der Waals surface area contributed by atoms with Gasteiger partial charge in [-0.25, -0.2) is 4.98 Å². The summed E-state index contributed by atoms with van der Waals surface area (Å²) in [6, 6.07) is 28.3. The number of aromatic nitrogens is 2. The van der Waals surface area contributed by atoms with E-state index in [1.807, 2.05) is 91.0 Å². The number of hydrogen-bond acceptors (Lipinski definition) is 6. The van der Waals surface area contributed by atoms with E-state index >= 15 is 0 Å². The summed E-state index contributed by atoms with van der Waals surface area (Å²) in [5, 5.41) is 3.15. The maximum atomic E-state index is 13.4. The molecule has 4 aromatic rings. The van der Waals surface area contributed by atoms with Gasteiger partial charge >= 0.3 is 0 Å². The number of allylic oxidation sites excluding steroid dienone is 4. The van der Waals surface area contributed by atoms with E-state index < -0.39 is 6.04 Å². The van der Waals surface area contributed by atoms with Crippen LogP contribution in [-0.4, -0.2) is 27.7 Å². The summed E-state index contributed by atoms with van der Waals surface area (Å²) < 4.78 is 0. The topological polar surface area (TPSA) is 124 Å². The lowest BCUT2D eigenvalue weighted by molar-refractivity contribution is -0.130. The first-order valence-electron chi connectivity index (χ1n) is 17.1. The van der Waals surface area contributed by atoms with Crippen LogP contribution in [0.1, 0.15) is 50.2 Å².